The first kappa shape index (κ1) is 13.5. The molecule has 0 saturated carbocycles. The van der Waals surface area contributed by atoms with Gasteiger partial charge in [0.15, 0.2) is 0 Å². The lowest BCUT2D eigenvalue weighted by Crippen LogP contribution is -2.34. The highest BCUT2D eigenvalue weighted by Gasteiger charge is 2.33. The van der Waals surface area contributed by atoms with Crippen molar-refractivity contribution in [3.63, 3.8) is 0 Å². The standard InChI is InChI=1S/C13H18N4O2S/c1-4-13(2)5-7-8(6-19-13)20-10-9(7)11(18)17(3)12(15-10)16-14/h4-6,14H2,1-3H3,(H,15,16)/t13-/m0/s1. The molecular formula is C13H18N4O2S. The van der Waals surface area contributed by atoms with Crippen molar-refractivity contribution >= 4 is 27.5 Å². The number of nitrogens with zero attached hydrogens (tertiary/aromatic N) is 2. The van der Waals surface area contributed by atoms with Crippen LogP contribution in [-0.2, 0) is 24.8 Å². The largest absolute Gasteiger partial charge is 0.369 e. The summed E-state index contributed by atoms with van der Waals surface area (Å²) in [7, 11) is 1.67. The Hall–Kier alpha value is -1.44. The number of hydrogen-bond donors (Lipinski definition) is 2. The van der Waals surface area contributed by atoms with E-state index < -0.39 is 0 Å². The maximum Gasteiger partial charge on any atom is 0.263 e. The first-order chi connectivity index (χ1) is 9.49. The predicted molar refractivity (Wildman–Crippen MR) is 79.9 cm³/mol. The molecule has 3 rings (SSSR count). The molecule has 1 atom stereocenters. The van der Waals surface area contributed by atoms with Crippen molar-refractivity contribution in [3.05, 3.63) is 20.8 Å². The van der Waals surface area contributed by atoms with E-state index in [0.717, 1.165) is 33.5 Å². The molecule has 1 aliphatic rings. The maximum atomic E-state index is 12.5. The van der Waals surface area contributed by atoms with Gasteiger partial charge in [-0.25, -0.2) is 10.8 Å². The zero-order valence-corrected chi connectivity index (χ0v) is 12.6. The second-order valence-electron chi connectivity index (χ2n) is 5.40. The third kappa shape index (κ3) is 1.85. The number of anilines is 1. The van der Waals surface area contributed by atoms with Gasteiger partial charge in [0, 0.05) is 18.3 Å². The Morgan fingerprint density at radius 1 is 1.60 bits per heavy atom. The van der Waals surface area contributed by atoms with E-state index in [2.05, 4.69) is 24.3 Å². The van der Waals surface area contributed by atoms with Crippen LogP contribution in [0.2, 0.25) is 0 Å². The Kier molecular flexibility index (Phi) is 3.07. The summed E-state index contributed by atoms with van der Waals surface area (Å²) < 4.78 is 7.38. The van der Waals surface area contributed by atoms with Gasteiger partial charge in [0.1, 0.15) is 4.83 Å². The molecule has 0 amide bonds. The first-order valence-corrected chi connectivity index (χ1v) is 7.42. The van der Waals surface area contributed by atoms with Crippen LogP contribution in [0.1, 0.15) is 30.7 Å². The lowest BCUT2D eigenvalue weighted by atomic mass is 9.90. The summed E-state index contributed by atoms with van der Waals surface area (Å²) in [5.74, 6) is 5.78. The van der Waals surface area contributed by atoms with E-state index in [4.69, 9.17) is 10.6 Å². The molecule has 2 aromatic rings. The zero-order chi connectivity index (χ0) is 14.5. The van der Waals surface area contributed by atoms with E-state index in [-0.39, 0.29) is 11.2 Å². The van der Waals surface area contributed by atoms with Gasteiger partial charge in [-0.05, 0) is 18.9 Å². The Morgan fingerprint density at radius 3 is 3.00 bits per heavy atom. The van der Waals surface area contributed by atoms with Crippen molar-refractivity contribution < 1.29 is 4.74 Å². The maximum absolute atomic E-state index is 12.5. The molecule has 7 heteroatoms. The normalized spacial score (nSPS) is 22.0. The molecule has 3 heterocycles. The van der Waals surface area contributed by atoms with E-state index in [1.807, 2.05) is 0 Å². The van der Waals surface area contributed by atoms with Gasteiger partial charge in [-0.3, -0.25) is 14.8 Å². The summed E-state index contributed by atoms with van der Waals surface area (Å²) in [6, 6.07) is 0. The van der Waals surface area contributed by atoms with E-state index in [1.54, 1.807) is 7.05 Å². The highest BCUT2D eigenvalue weighted by Crippen LogP contribution is 2.38. The molecule has 0 fully saturated rings. The summed E-state index contributed by atoms with van der Waals surface area (Å²) in [4.78, 5) is 18.8. The average Bonchev–Trinajstić information content (AvgIpc) is 2.80. The number of hydrazine groups is 1. The number of nitrogen functional groups attached to an aromatic ring is 1. The first-order valence-electron chi connectivity index (χ1n) is 6.61. The molecule has 0 unspecified atom stereocenters. The van der Waals surface area contributed by atoms with Crippen molar-refractivity contribution in [1.29, 1.82) is 0 Å². The molecule has 3 N–H and O–H groups in total. The van der Waals surface area contributed by atoms with E-state index in [0.29, 0.717) is 12.6 Å². The Morgan fingerprint density at radius 2 is 2.35 bits per heavy atom. The summed E-state index contributed by atoms with van der Waals surface area (Å²) in [6.07, 6.45) is 1.67. The van der Waals surface area contributed by atoms with Crippen molar-refractivity contribution in [2.45, 2.75) is 38.9 Å². The molecule has 0 aromatic carbocycles. The van der Waals surface area contributed by atoms with Crippen molar-refractivity contribution in [3.8, 4) is 0 Å². The highest BCUT2D eigenvalue weighted by molar-refractivity contribution is 7.18. The summed E-state index contributed by atoms with van der Waals surface area (Å²) in [5, 5.41) is 0.717. The molecular weight excluding hydrogens is 276 g/mol. The van der Waals surface area contributed by atoms with Crippen molar-refractivity contribution in [2.75, 3.05) is 5.43 Å². The van der Waals surface area contributed by atoms with Gasteiger partial charge >= 0.3 is 0 Å². The lowest BCUT2D eigenvalue weighted by Gasteiger charge is -2.32. The summed E-state index contributed by atoms with van der Waals surface area (Å²) >= 11 is 1.52. The zero-order valence-electron chi connectivity index (χ0n) is 11.8. The fraction of sp³-hybridized carbons (Fsp3) is 0.538. The van der Waals surface area contributed by atoms with Gasteiger partial charge in [0.05, 0.1) is 17.6 Å². The number of nitrogens with one attached hydrogen (secondary N) is 1. The number of thiophene rings is 1. The van der Waals surface area contributed by atoms with Crippen LogP contribution in [0.3, 0.4) is 0 Å². The Balaban J connectivity index is 2.27. The van der Waals surface area contributed by atoms with Gasteiger partial charge in [0.2, 0.25) is 5.95 Å². The topological polar surface area (TPSA) is 82.2 Å². The van der Waals surface area contributed by atoms with Crippen molar-refractivity contribution in [2.24, 2.45) is 12.9 Å². The molecule has 0 radical (unpaired) electrons. The van der Waals surface area contributed by atoms with Gasteiger partial charge in [-0.1, -0.05) is 6.92 Å². The molecule has 0 bridgehead atoms. The van der Waals surface area contributed by atoms with Gasteiger partial charge in [-0.2, -0.15) is 0 Å². The highest BCUT2D eigenvalue weighted by atomic mass is 32.1. The fourth-order valence-corrected chi connectivity index (χ4v) is 3.65. The van der Waals surface area contributed by atoms with Crippen LogP contribution in [0.5, 0.6) is 0 Å². The van der Waals surface area contributed by atoms with E-state index in [9.17, 15) is 4.79 Å². The van der Waals surface area contributed by atoms with Crippen LogP contribution >= 0.6 is 11.3 Å². The average molecular weight is 294 g/mol. The van der Waals surface area contributed by atoms with Crippen LogP contribution in [0.25, 0.3) is 10.2 Å². The van der Waals surface area contributed by atoms with Crippen LogP contribution in [0, 0.1) is 0 Å². The molecule has 0 saturated heterocycles. The second kappa shape index (κ2) is 4.54. The Labute approximate surface area is 120 Å². The van der Waals surface area contributed by atoms with E-state index >= 15 is 0 Å². The number of aromatic nitrogens is 2. The molecule has 0 aliphatic carbocycles. The van der Waals surface area contributed by atoms with Crippen LogP contribution < -0.4 is 16.8 Å². The minimum Gasteiger partial charge on any atom is -0.369 e. The van der Waals surface area contributed by atoms with Crippen LogP contribution in [0.15, 0.2) is 4.79 Å². The van der Waals surface area contributed by atoms with Crippen LogP contribution in [-0.4, -0.2) is 15.2 Å². The third-order valence-electron chi connectivity index (χ3n) is 4.10. The minimum atomic E-state index is -0.198. The fourth-order valence-electron chi connectivity index (χ4n) is 2.56. The number of nitrogens with two attached hydrogens (primary N) is 1. The van der Waals surface area contributed by atoms with Gasteiger partial charge in [0.25, 0.3) is 5.56 Å². The van der Waals surface area contributed by atoms with Crippen LogP contribution in [0.4, 0.5) is 5.95 Å². The van der Waals surface area contributed by atoms with E-state index in [1.165, 1.54) is 15.9 Å². The SMILES string of the molecule is CC[C@@]1(C)Cc2c(sc3nc(NN)n(C)c(=O)c23)CO1. The molecule has 108 valence electrons. The second-order valence-corrected chi connectivity index (χ2v) is 6.48. The molecule has 1 aliphatic heterocycles. The van der Waals surface area contributed by atoms with Gasteiger partial charge < -0.3 is 4.74 Å². The monoisotopic (exact) mass is 294 g/mol. The number of hydrogen-bond acceptors (Lipinski definition) is 6. The van der Waals surface area contributed by atoms with Crippen molar-refractivity contribution in [1.82, 2.24) is 9.55 Å². The minimum absolute atomic E-state index is 0.0548. The number of fused-ring (bicyclic) bond motifs is 3. The summed E-state index contributed by atoms with van der Waals surface area (Å²) in [5.41, 5.74) is 3.31. The van der Waals surface area contributed by atoms with Gasteiger partial charge in [-0.15, -0.1) is 11.3 Å². The molecule has 20 heavy (non-hydrogen) atoms. The molecule has 0 spiro atoms. The smallest absolute Gasteiger partial charge is 0.263 e. The number of ether oxygens (including phenoxy) is 1. The molecule has 6 nitrogen and oxygen atoms in total. The predicted octanol–water partition coefficient (Wildman–Crippen LogP) is 1.52. The third-order valence-corrected chi connectivity index (χ3v) is 5.19. The molecule has 2 aromatic heterocycles. The Bertz CT molecular complexity index is 736. The quantitative estimate of drug-likeness (QED) is 0.648. The number of rotatable bonds is 2. The summed E-state index contributed by atoms with van der Waals surface area (Å²) in [6.45, 7) is 4.74. The lowest BCUT2D eigenvalue weighted by molar-refractivity contribution is -0.0543.